The molecule has 68 valence electrons. The van der Waals surface area contributed by atoms with Gasteiger partial charge in [0.1, 0.15) is 0 Å². The fraction of sp³-hybridized carbons (Fsp3) is 1.00. The second-order valence-electron chi connectivity index (χ2n) is 5.24. The molecule has 0 aliphatic heterocycles. The Kier molecular flexibility index (Phi) is 5.34. The Labute approximate surface area is 99.4 Å². The third-order valence-corrected chi connectivity index (χ3v) is 6.69. The molecule has 0 aliphatic rings. The maximum absolute atomic E-state index is 12.1. The van der Waals surface area contributed by atoms with E-state index in [0.29, 0.717) is 0 Å². The van der Waals surface area contributed by atoms with Crippen molar-refractivity contribution in [3.8, 4) is 0 Å². The van der Waals surface area contributed by atoms with Crippen LogP contribution in [0.4, 0.5) is 0 Å². The van der Waals surface area contributed by atoms with Gasteiger partial charge >= 0.3 is 29.6 Å². The third-order valence-electron chi connectivity index (χ3n) is 2.23. The molecule has 0 aromatic heterocycles. The number of nitrogens with two attached hydrogens (primary N) is 1. The van der Waals surface area contributed by atoms with Gasteiger partial charge in [-0.2, -0.15) is 0 Å². The molecule has 0 unspecified atom stereocenters. The Morgan fingerprint density at radius 3 is 1.08 bits per heavy atom. The molecule has 0 aromatic carbocycles. The van der Waals surface area contributed by atoms with E-state index in [-0.39, 0.29) is 39.6 Å². The van der Waals surface area contributed by atoms with Gasteiger partial charge in [0.2, 0.25) is 0 Å². The van der Waals surface area contributed by atoms with Crippen LogP contribution in [0.2, 0.25) is 10.1 Å². The summed E-state index contributed by atoms with van der Waals surface area (Å²) in [4.78, 5) is 12.1. The van der Waals surface area contributed by atoms with Crippen molar-refractivity contribution in [3.63, 3.8) is 0 Å². The summed E-state index contributed by atoms with van der Waals surface area (Å²) in [7, 11) is -2.86. The van der Waals surface area contributed by atoms with E-state index in [9.17, 15) is 4.80 Å². The topological polar surface area (TPSA) is 49.1 Å². The smallest absolute Gasteiger partial charge is 0.847 e. The Morgan fingerprint density at radius 1 is 0.917 bits per heavy atom. The first kappa shape index (κ1) is 15.6. The quantitative estimate of drug-likeness (QED) is 0.473. The predicted octanol–water partition coefficient (Wildman–Crippen LogP) is -1.65. The summed E-state index contributed by atoms with van der Waals surface area (Å²) >= 11 is 0. The van der Waals surface area contributed by atoms with Crippen molar-refractivity contribution in [3.05, 3.63) is 0 Å². The van der Waals surface area contributed by atoms with Crippen LogP contribution in [0.5, 0.6) is 0 Å². The maximum atomic E-state index is 12.1. The van der Waals surface area contributed by atoms with Crippen LogP contribution >= 0.6 is 0 Å². The Morgan fingerprint density at radius 2 is 1.08 bits per heavy atom. The SMILES string of the molecule is CC(C)(C)[Si](N)([O-])C(C)(C)C.[Na+]. The van der Waals surface area contributed by atoms with E-state index in [0.717, 1.165) is 0 Å². The molecule has 0 fully saturated rings. The van der Waals surface area contributed by atoms with E-state index in [2.05, 4.69) is 0 Å². The molecule has 0 spiro atoms. The summed E-state index contributed by atoms with van der Waals surface area (Å²) in [5.41, 5.74) is 0. The first-order valence-electron chi connectivity index (χ1n) is 3.99. The molecule has 0 amide bonds. The van der Waals surface area contributed by atoms with Crippen LogP contribution in [-0.2, 0) is 0 Å². The fourth-order valence-electron chi connectivity index (χ4n) is 1.12. The molecule has 0 rings (SSSR count). The summed E-state index contributed by atoms with van der Waals surface area (Å²) in [5.74, 6) is 0. The fourth-order valence-corrected chi connectivity index (χ4v) is 3.38. The van der Waals surface area contributed by atoms with E-state index in [1.807, 2.05) is 41.5 Å². The molecule has 0 aliphatic carbocycles. The largest absolute Gasteiger partial charge is 1.00 e. The van der Waals surface area contributed by atoms with Gasteiger partial charge in [0.25, 0.3) is 0 Å². The summed E-state index contributed by atoms with van der Waals surface area (Å²) in [5, 5.41) is 5.34. The van der Waals surface area contributed by atoms with Crippen molar-refractivity contribution in [2.75, 3.05) is 0 Å². The molecule has 0 bridgehead atoms. The zero-order chi connectivity index (χ0) is 9.50. The van der Waals surface area contributed by atoms with Crippen LogP contribution in [0.3, 0.4) is 0 Å². The summed E-state index contributed by atoms with van der Waals surface area (Å²) < 4.78 is 0. The second kappa shape index (κ2) is 4.11. The second-order valence-corrected chi connectivity index (χ2v) is 9.71. The molecule has 2 N–H and O–H groups in total. The number of rotatable bonds is 0. The van der Waals surface area contributed by atoms with Crippen molar-refractivity contribution in [1.82, 2.24) is 0 Å². The molecule has 4 heteroatoms. The Bertz CT molecular complexity index is 130. The molecule has 0 radical (unpaired) electrons. The van der Waals surface area contributed by atoms with Gasteiger partial charge in [-0.1, -0.05) is 41.5 Å². The summed E-state index contributed by atoms with van der Waals surface area (Å²) in [6, 6.07) is 0. The van der Waals surface area contributed by atoms with E-state index in [1.165, 1.54) is 0 Å². The monoisotopic (exact) mass is 197 g/mol. The van der Waals surface area contributed by atoms with Crippen LogP contribution in [-0.4, -0.2) is 8.48 Å². The van der Waals surface area contributed by atoms with Crippen molar-refractivity contribution in [2.24, 2.45) is 5.40 Å². The molecule has 2 nitrogen and oxygen atoms in total. The minimum Gasteiger partial charge on any atom is -0.847 e. The van der Waals surface area contributed by atoms with E-state index in [1.54, 1.807) is 0 Å². The van der Waals surface area contributed by atoms with Crippen molar-refractivity contribution < 1.29 is 34.4 Å². The maximum Gasteiger partial charge on any atom is 1.00 e. The molecule has 0 saturated heterocycles. The average molecular weight is 197 g/mol. The minimum absolute atomic E-state index is 0. The van der Waals surface area contributed by atoms with Gasteiger partial charge in [-0.25, -0.2) is 0 Å². The van der Waals surface area contributed by atoms with E-state index >= 15 is 0 Å². The molecular formula is C8H20NNaOSi. The van der Waals surface area contributed by atoms with Gasteiger partial charge < -0.3 is 10.2 Å². The predicted molar refractivity (Wildman–Crippen MR) is 49.4 cm³/mol. The van der Waals surface area contributed by atoms with Gasteiger partial charge in [-0.15, -0.1) is 0 Å². The van der Waals surface area contributed by atoms with Crippen LogP contribution in [0.1, 0.15) is 41.5 Å². The molecule has 0 heterocycles. The van der Waals surface area contributed by atoms with Gasteiger partial charge in [0.15, 0.2) is 0 Å². The normalized spacial score (nSPS) is 14.0. The Hall–Kier alpha value is 1.14. The summed E-state index contributed by atoms with van der Waals surface area (Å²) in [6.45, 7) is 11.7. The van der Waals surface area contributed by atoms with E-state index in [4.69, 9.17) is 5.40 Å². The van der Waals surface area contributed by atoms with Crippen LogP contribution in [0.15, 0.2) is 0 Å². The van der Waals surface area contributed by atoms with Crippen LogP contribution < -0.4 is 39.8 Å². The number of hydrogen-bond acceptors (Lipinski definition) is 2. The van der Waals surface area contributed by atoms with Gasteiger partial charge in [0.05, 0.1) is 0 Å². The van der Waals surface area contributed by atoms with Crippen LogP contribution in [0.25, 0.3) is 0 Å². The standard InChI is InChI=1S/C8H20NOSi.Na/c1-7(2,3)11(9,10)8(4,5)6;/h9H2,1-6H3;/q-1;+1. The number of hydrogen-bond donors (Lipinski definition) is 1. The van der Waals surface area contributed by atoms with Crippen molar-refractivity contribution >= 4 is 8.48 Å². The Balaban J connectivity index is 0. The van der Waals surface area contributed by atoms with Gasteiger partial charge in [-0.3, -0.25) is 0 Å². The zero-order valence-corrected chi connectivity index (χ0v) is 12.5. The van der Waals surface area contributed by atoms with Gasteiger partial charge in [0, 0.05) is 8.48 Å². The molecule has 0 atom stereocenters. The van der Waals surface area contributed by atoms with Crippen LogP contribution in [0, 0.1) is 0 Å². The van der Waals surface area contributed by atoms with Gasteiger partial charge in [-0.05, 0) is 10.1 Å². The first-order valence-corrected chi connectivity index (χ1v) is 5.98. The van der Waals surface area contributed by atoms with E-state index < -0.39 is 8.48 Å². The molecule has 12 heavy (non-hydrogen) atoms. The molecular weight excluding hydrogens is 177 g/mol. The summed E-state index contributed by atoms with van der Waals surface area (Å²) in [6.07, 6.45) is 0. The van der Waals surface area contributed by atoms with Crippen molar-refractivity contribution in [1.29, 1.82) is 0 Å². The minimum atomic E-state index is -2.86. The first-order chi connectivity index (χ1) is 4.50. The van der Waals surface area contributed by atoms with Crippen molar-refractivity contribution in [2.45, 2.75) is 51.6 Å². The zero-order valence-electron chi connectivity index (χ0n) is 9.49. The average Bonchev–Trinajstić information content (AvgIpc) is 1.58. The third kappa shape index (κ3) is 3.12. The molecule has 0 aromatic rings. The molecule has 0 saturated carbocycles.